The quantitative estimate of drug-likeness (QED) is 0.384. The van der Waals surface area contributed by atoms with Crippen LogP contribution in [-0.4, -0.2) is 33.1 Å². The van der Waals surface area contributed by atoms with Gasteiger partial charge in [-0.3, -0.25) is 9.59 Å². The van der Waals surface area contributed by atoms with E-state index < -0.39 is 18.4 Å². The number of hydrogen-bond donors (Lipinski definition) is 2. The van der Waals surface area contributed by atoms with Gasteiger partial charge in [-0.25, -0.2) is 0 Å². The molecule has 0 saturated heterocycles. The van der Waals surface area contributed by atoms with Crippen molar-refractivity contribution < 1.29 is 47.8 Å². The number of carbonyl (C=O) groups is 2. The molecule has 0 unspecified atom stereocenters. The first-order valence-corrected chi connectivity index (χ1v) is 1.56. The fourth-order valence-electron chi connectivity index (χ4n) is 0.129. The van der Waals surface area contributed by atoms with Crippen LogP contribution in [-0.2, 0) is 26.7 Å². The van der Waals surface area contributed by atoms with Gasteiger partial charge in [0.2, 0.25) is 0 Å². The van der Waals surface area contributed by atoms with Crippen molar-refractivity contribution in [1.29, 1.82) is 0 Å². The minimum Gasteiger partial charge on any atom is -0.481 e. The Balaban J connectivity index is -0.0000000600. The van der Waals surface area contributed by atoms with Gasteiger partial charge >= 0.3 is 11.9 Å². The molecule has 0 heterocycles. The Hall–Kier alpha value is -0.621. The molecule has 6 nitrogen and oxygen atoms in total. The van der Waals surface area contributed by atoms with Crippen molar-refractivity contribution in [2.75, 3.05) is 0 Å². The summed E-state index contributed by atoms with van der Waals surface area (Å²) in [7, 11) is 0. The number of rotatable bonds is 2. The molecule has 0 aromatic heterocycles. The summed E-state index contributed by atoms with van der Waals surface area (Å²) in [6.45, 7) is 0. The van der Waals surface area contributed by atoms with E-state index in [-0.39, 0.29) is 28.0 Å². The van der Waals surface area contributed by atoms with E-state index in [1.807, 2.05) is 0 Å². The molecule has 0 rings (SSSR count). The fraction of sp³-hybridized carbons (Fsp3) is 0.333. The Morgan fingerprint density at radius 1 is 1.00 bits per heavy atom. The Bertz CT molecular complexity index is 89.2. The summed E-state index contributed by atoms with van der Waals surface area (Å²) in [6, 6.07) is 0. The topological polar surface area (TPSA) is 138 Å². The van der Waals surface area contributed by atoms with Crippen LogP contribution in [0.4, 0.5) is 0 Å². The molecule has 0 aliphatic heterocycles. The predicted octanol–water partition coefficient (Wildman–Crippen LogP) is -2.11. The summed E-state index contributed by atoms with van der Waals surface area (Å²) in [5, 5.41) is 15.4. The Morgan fingerprint density at radius 2 is 1.20 bits per heavy atom. The second-order valence-electron chi connectivity index (χ2n) is 0.964. The molecule has 0 aromatic rings. The van der Waals surface area contributed by atoms with Crippen LogP contribution in [0.25, 0.3) is 0 Å². The van der Waals surface area contributed by atoms with Crippen molar-refractivity contribution in [3.05, 3.63) is 0 Å². The molecule has 0 atom stereocenters. The van der Waals surface area contributed by atoms with Crippen molar-refractivity contribution in [3.63, 3.8) is 0 Å². The molecule has 0 spiro atoms. The Morgan fingerprint density at radius 3 is 1.20 bits per heavy atom. The maximum absolute atomic E-state index is 9.43. The van der Waals surface area contributed by atoms with Gasteiger partial charge in [0.05, 0.1) is 0 Å². The van der Waals surface area contributed by atoms with Crippen LogP contribution in [0.5, 0.6) is 0 Å². The molecular formula is C3H8MnO6. The summed E-state index contributed by atoms with van der Waals surface area (Å²) < 4.78 is 0. The predicted molar refractivity (Wildman–Crippen MR) is 27.1 cm³/mol. The van der Waals surface area contributed by atoms with E-state index in [0.717, 1.165) is 0 Å². The molecule has 0 bridgehead atoms. The molecule has 0 saturated carbocycles. The minimum absolute atomic E-state index is 0. The molecule has 63 valence electrons. The number of carboxylic acid groups (broad SMARTS) is 2. The summed E-state index contributed by atoms with van der Waals surface area (Å²) in [4.78, 5) is 18.9. The molecule has 1 radical (unpaired) electrons. The third-order valence-electron chi connectivity index (χ3n) is 0.302. The molecule has 10 heavy (non-hydrogen) atoms. The molecule has 0 aliphatic carbocycles. The zero-order valence-corrected chi connectivity index (χ0v) is 5.98. The zero-order valence-electron chi connectivity index (χ0n) is 4.80. The van der Waals surface area contributed by atoms with Gasteiger partial charge in [0.1, 0.15) is 6.42 Å². The van der Waals surface area contributed by atoms with Crippen molar-refractivity contribution in [3.8, 4) is 0 Å². The molecule has 7 heteroatoms. The van der Waals surface area contributed by atoms with Gasteiger partial charge in [0, 0.05) is 17.1 Å². The van der Waals surface area contributed by atoms with Crippen molar-refractivity contribution in [2.24, 2.45) is 0 Å². The third-order valence-corrected chi connectivity index (χ3v) is 0.302. The number of aliphatic carboxylic acids is 2. The number of carboxylic acids is 2. The fourth-order valence-corrected chi connectivity index (χ4v) is 0.129. The molecular weight excluding hydrogens is 187 g/mol. The van der Waals surface area contributed by atoms with Crippen LogP contribution in [0.3, 0.4) is 0 Å². The largest absolute Gasteiger partial charge is 0.481 e. The first-order chi connectivity index (χ1) is 3.13. The maximum atomic E-state index is 9.43. The van der Waals surface area contributed by atoms with Gasteiger partial charge in [0.25, 0.3) is 0 Å². The molecule has 0 fully saturated rings. The average molecular weight is 195 g/mol. The standard InChI is InChI=1S/C3H4O4.Mn.2H2O/c4-2(5)1-3(6)7;;;/h1H2,(H,4,5)(H,6,7);;2*1H2. The van der Waals surface area contributed by atoms with Crippen LogP contribution in [0.1, 0.15) is 6.42 Å². The van der Waals surface area contributed by atoms with Crippen LogP contribution in [0, 0.1) is 0 Å². The smallest absolute Gasteiger partial charge is 0.314 e. The Labute approximate surface area is 66.9 Å². The first kappa shape index (κ1) is 22.8. The number of hydrogen-bond acceptors (Lipinski definition) is 2. The second kappa shape index (κ2) is 11.2. The molecule has 0 aromatic carbocycles. The van der Waals surface area contributed by atoms with E-state index in [4.69, 9.17) is 10.2 Å². The summed E-state index contributed by atoms with van der Waals surface area (Å²) in [6.07, 6.45) is -0.806. The van der Waals surface area contributed by atoms with Crippen molar-refractivity contribution >= 4 is 11.9 Å². The summed E-state index contributed by atoms with van der Waals surface area (Å²) in [5.41, 5.74) is 0. The van der Waals surface area contributed by atoms with Crippen LogP contribution < -0.4 is 0 Å². The molecule has 0 aliphatic rings. The van der Waals surface area contributed by atoms with Crippen LogP contribution in [0.15, 0.2) is 0 Å². The van der Waals surface area contributed by atoms with E-state index in [2.05, 4.69) is 0 Å². The maximum Gasteiger partial charge on any atom is 0.314 e. The zero-order chi connectivity index (χ0) is 5.86. The van der Waals surface area contributed by atoms with Gasteiger partial charge in [-0.05, 0) is 0 Å². The van der Waals surface area contributed by atoms with E-state index in [0.29, 0.717) is 0 Å². The average Bonchev–Trinajstić information content (AvgIpc) is 1.27. The third kappa shape index (κ3) is 26.3. The van der Waals surface area contributed by atoms with Gasteiger partial charge in [-0.1, -0.05) is 0 Å². The van der Waals surface area contributed by atoms with Gasteiger partial charge in [-0.15, -0.1) is 0 Å². The monoisotopic (exact) mass is 195 g/mol. The van der Waals surface area contributed by atoms with Crippen molar-refractivity contribution in [2.45, 2.75) is 6.42 Å². The van der Waals surface area contributed by atoms with E-state index in [1.54, 1.807) is 0 Å². The van der Waals surface area contributed by atoms with E-state index in [9.17, 15) is 9.59 Å². The van der Waals surface area contributed by atoms with Crippen molar-refractivity contribution in [1.82, 2.24) is 0 Å². The van der Waals surface area contributed by atoms with E-state index >= 15 is 0 Å². The summed E-state index contributed by atoms with van der Waals surface area (Å²) >= 11 is 0. The molecule has 6 N–H and O–H groups in total. The van der Waals surface area contributed by atoms with E-state index in [1.165, 1.54) is 0 Å². The second-order valence-corrected chi connectivity index (χ2v) is 0.964. The molecule has 0 amide bonds. The normalized spacial score (nSPS) is 5.60. The summed E-state index contributed by atoms with van der Waals surface area (Å²) in [5.74, 6) is -2.62. The first-order valence-electron chi connectivity index (χ1n) is 1.56. The van der Waals surface area contributed by atoms with Gasteiger partial charge in [0.15, 0.2) is 0 Å². The Kier molecular flexibility index (Phi) is 25.5. The van der Waals surface area contributed by atoms with Crippen LogP contribution >= 0.6 is 0 Å². The van der Waals surface area contributed by atoms with Gasteiger partial charge in [-0.2, -0.15) is 0 Å². The minimum atomic E-state index is -1.31. The van der Waals surface area contributed by atoms with Crippen LogP contribution in [0.2, 0.25) is 0 Å². The SMILES string of the molecule is O.O.O=C(O)CC(=O)O.[Mn]. The van der Waals surface area contributed by atoms with Gasteiger partial charge < -0.3 is 21.2 Å².